The zero-order chi connectivity index (χ0) is 23.9. The Bertz CT molecular complexity index is 1110. The molecule has 0 spiro atoms. The van der Waals surface area contributed by atoms with E-state index < -0.39 is 17.9 Å². The molecular weight excluding hydrogens is 458 g/mol. The van der Waals surface area contributed by atoms with E-state index in [9.17, 15) is 14.4 Å². The number of hydrogen-bond donors (Lipinski definition) is 2. The predicted molar refractivity (Wildman–Crippen MR) is 125 cm³/mol. The molecule has 2 aromatic heterocycles. The van der Waals surface area contributed by atoms with Crippen LogP contribution in [0.4, 0.5) is 0 Å². The Hall–Kier alpha value is -3.52. The van der Waals surface area contributed by atoms with Crippen molar-refractivity contribution in [3.05, 3.63) is 83.2 Å². The first kappa shape index (κ1) is 23.6. The maximum absolute atomic E-state index is 13.4. The fraction of sp³-hybridized carbons (Fsp3) is 0.320. The minimum absolute atomic E-state index is 0.0541. The van der Waals surface area contributed by atoms with E-state index in [4.69, 9.17) is 20.4 Å². The van der Waals surface area contributed by atoms with E-state index in [1.807, 2.05) is 6.07 Å². The minimum Gasteiger partial charge on any atom is -0.467 e. The molecule has 1 atom stereocenters. The molecule has 1 fully saturated rings. The highest BCUT2D eigenvalue weighted by molar-refractivity contribution is 6.31. The van der Waals surface area contributed by atoms with Gasteiger partial charge in [0.05, 0.1) is 19.1 Å². The van der Waals surface area contributed by atoms with Gasteiger partial charge in [0.15, 0.2) is 11.8 Å². The zero-order valence-electron chi connectivity index (χ0n) is 18.5. The molecule has 8 nitrogen and oxygen atoms in total. The summed E-state index contributed by atoms with van der Waals surface area (Å²) in [6, 6.07) is 12.6. The van der Waals surface area contributed by atoms with Crippen LogP contribution in [0.15, 0.2) is 69.9 Å². The molecule has 34 heavy (non-hydrogen) atoms. The standard InChI is InChI=1S/C25H26ClN3O5/c26-19-10-4-1-7-17(19)16-29(22(30)15-27-24(31)21-12-6-14-34-21)23(20-11-5-13-33-20)25(32)28-18-8-2-3-9-18/h1,4-7,10-14,18,23H,2-3,8-9,15-16H2,(H,27,31)(H,28,32)/t23-/m0/s1. The highest BCUT2D eigenvalue weighted by Gasteiger charge is 2.35. The fourth-order valence-electron chi connectivity index (χ4n) is 4.11. The van der Waals surface area contributed by atoms with Crippen LogP contribution in [-0.4, -0.2) is 35.2 Å². The number of nitrogens with one attached hydrogen (secondary N) is 2. The van der Waals surface area contributed by atoms with Gasteiger partial charge >= 0.3 is 0 Å². The highest BCUT2D eigenvalue weighted by atomic mass is 35.5. The van der Waals surface area contributed by atoms with Crippen molar-refractivity contribution >= 4 is 29.3 Å². The summed E-state index contributed by atoms with van der Waals surface area (Å²) in [6.45, 7) is -0.281. The largest absolute Gasteiger partial charge is 0.467 e. The average molecular weight is 484 g/mol. The molecule has 0 unspecified atom stereocenters. The van der Waals surface area contributed by atoms with Crippen molar-refractivity contribution in [3.63, 3.8) is 0 Å². The molecule has 2 heterocycles. The van der Waals surface area contributed by atoms with Gasteiger partial charge in [-0.2, -0.15) is 0 Å². The Labute approximate surface area is 202 Å². The molecule has 2 N–H and O–H groups in total. The topological polar surface area (TPSA) is 105 Å². The number of rotatable bonds is 9. The molecular formula is C25H26ClN3O5. The van der Waals surface area contributed by atoms with Gasteiger partial charge in [-0.05, 0) is 48.7 Å². The predicted octanol–water partition coefficient (Wildman–Crippen LogP) is 4.08. The van der Waals surface area contributed by atoms with Crippen LogP contribution in [0, 0.1) is 0 Å². The monoisotopic (exact) mass is 483 g/mol. The van der Waals surface area contributed by atoms with E-state index in [-0.39, 0.29) is 30.8 Å². The van der Waals surface area contributed by atoms with Gasteiger partial charge in [-0.15, -0.1) is 0 Å². The van der Waals surface area contributed by atoms with Crippen LogP contribution >= 0.6 is 11.6 Å². The molecule has 4 rings (SSSR count). The molecule has 178 valence electrons. The average Bonchev–Trinajstić information content (AvgIpc) is 3.62. The second-order valence-electron chi connectivity index (χ2n) is 8.18. The molecule has 0 bridgehead atoms. The van der Waals surface area contributed by atoms with E-state index in [2.05, 4.69) is 10.6 Å². The summed E-state index contributed by atoms with van der Waals surface area (Å²) in [5.74, 6) is -0.913. The van der Waals surface area contributed by atoms with Crippen LogP contribution in [0.2, 0.25) is 5.02 Å². The summed E-state index contributed by atoms with van der Waals surface area (Å²) in [4.78, 5) is 40.6. The Morgan fingerprint density at radius 3 is 2.41 bits per heavy atom. The number of amides is 3. The van der Waals surface area contributed by atoms with Crippen LogP contribution in [0.3, 0.4) is 0 Å². The SMILES string of the molecule is O=C(NCC(=O)N(Cc1ccccc1Cl)[C@H](C(=O)NC1CCCC1)c1ccco1)c1ccco1. The lowest BCUT2D eigenvalue weighted by molar-refractivity contribution is -0.141. The van der Waals surface area contributed by atoms with Crippen LogP contribution in [0.25, 0.3) is 0 Å². The maximum Gasteiger partial charge on any atom is 0.287 e. The van der Waals surface area contributed by atoms with Gasteiger partial charge < -0.3 is 24.4 Å². The molecule has 1 aromatic carbocycles. The van der Waals surface area contributed by atoms with Crippen molar-refractivity contribution in [2.75, 3.05) is 6.54 Å². The van der Waals surface area contributed by atoms with Crippen molar-refractivity contribution in [3.8, 4) is 0 Å². The highest BCUT2D eigenvalue weighted by Crippen LogP contribution is 2.28. The second kappa shape index (κ2) is 11.1. The van der Waals surface area contributed by atoms with Crippen LogP contribution in [-0.2, 0) is 16.1 Å². The summed E-state index contributed by atoms with van der Waals surface area (Å²) in [5.41, 5.74) is 0.667. The lowest BCUT2D eigenvalue weighted by atomic mass is 10.1. The third-order valence-corrected chi connectivity index (χ3v) is 6.21. The quantitative estimate of drug-likeness (QED) is 0.477. The van der Waals surface area contributed by atoms with E-state index in [1.54, 1.807) is 36.4 Å². The first-order valence-electron chi connectivity index (χ1n) is 11.2. The Morgan fingerprint density at radius 2 is 1.74 bits per heavy atom. The van der Waals surface area contributed by atoms with Crippen LogP contribution in [0.1, 0.15) is 53.6 Å². The molecule has 1 aliphatic carbocycles. The number of hydrogen-bond acceptors (Lipinski definition) is 5. The Kier molecular flexibility index (Phi) is 7.69. The van der Waals surface area contributed by atoms with Crippen molar-refractivity contribution in [1.82, 2.24) is 15.5 Å². The van der Waals surface area contributed by atoms with Gasteiger partial charge in [0.1, 0.15) is 5.76 Å². The van der Waals surface area contributed by atoms with Gasteiger partial charge in [0.25, 0.3) is 11.8 Å². The summed E-state index contributed by atoms with van der Waals surface area (Å²) >= 11 is 6.37. The van der Waals surface area contributed by atoms with Crippen LogP contribution in [0.5, 0.6) is 0 Å². The van der Waals surface area contributed by atoms with Crippen molar-refractivity contribution in [1.29, 1.82) is 0 Å². The lowest BCUT2D eigenvalue weighted by Crippen LogP contribution is -2.48. The molecule has 3 amide bonds. The van der Waals surface area contributed by atoms with E-state index >= 15 is 0 Å². The van der Waals surface area contributed by atoms with E-state index in [1.165, 1.54) is 23.5 Å². The second-order valence-corrected chi connectivity index (χ2v) is 8.59. The smallest absolute Gasteiger partial charge is 0.287 e. The molecule has 1 aliphatic rings. The molecule has 9 heteroatoms. The third-order valence-electron chi connectivity index (χ3n) is 5.84. The van der Waals surface area contributed by atoms with Crippen LogP contribution < -0.4 is 10.6 Å². The number of halogens is 1. The zero-order valence-corrected chi connectivity index (χ0v) is 19.3. The van der Waals surface area contributed by atoms with Gasteiger partial charge in [-0.3, -0.25) is 14.4 Å². The molecule has 3 aromatic rings. The minimum atomic E-state index is -1.03. The van der Waals surface area contributed by atoms with Crippen molar-refractivity contribution in [2.45, 2.75) is 44.3 Å². The molecule has 0 radical (unpaired) electrons. The summed E-state index contributed by atoms with van der Waals surface area (Å²) < 4.78 is 10.7. The summed E-state index contributed by atoms with van der Waals surface area (Å²) in [5, 5.41) is 6.09. The van der Waals surface area contributed by atoms with Gasteiger partial charge in [-0.1, -0.05) is 42.6 Å². The Balaban J connectivity index is 1.60. The van der Waals surface area contributed by atoms with Gasteiger partial charge in [0, 0.05) is 17.6 Å². The number of carbonyl (C=O) groups excluding carboxylic acids is 3. The van der Waals surface area contributed by atoms with E-state index in [0.29, 0.717) is 16.3 Å². The fourth-order valence-corrected chi connectivity index (χ4v) is 4.30. The van der Waals surface area contributed by atoms with Gasteiger partial charge in [0.2, 0.25) is 5.91 Å². The maximum atomic E-state index is 13.4. The van der Waals surface area contributed by atoms with Crippen molar-refractivity contribution < 1.29 is 23.2 Å². The lowest BCUT2D eigenvalue weighted by Gasteiger charge is -2.31. The number of benzene rings is 1. The summed E-state index contributed by atoms with van der Waals surface area (Å²) in [6.07, 6.45) is 6.74. The summed E-state index contributed by atoms with van der Waals surface area (Å²) in [7, 11) is 0. The number of furan rings is 2. The van der Waals surface area contributed by atoms with Gasteiger partial charge in [-0.25, -0.2) is 0 Å². The van der Waals surface area contributed by atoms with E-state index in [0.717, 1.165) is 25.7 Å². The molecule has 0 aliphatic heterocycles. The third kappa shape index (κ3) is 5.69. The number of carbonyl (C=O) groups is 3. The van der Waals surface area contributed by atoms with Crippen molar-refractivity contribution in [2.24, 2.45) is 0 Å². The first-order chi connectivity index (χ1) is 16.5. The molecule has 0 saturated heterocycles. The first-order valence-corrected chi connectivity index (χ1v) is 11.6. The normalized spacial score (nSPS) is 14.5. The number of nitrogens with zero attached hydrogens (tertiary/aromatic N) is 1. The Morgan fingerprint density at radius 1 is 1.00 bits per heavy atom. The molecule has 1 saturated carbocycles.